The van der Waals surface area contributed by atoms with Crippen molar-refractivity contribution in [3.8, 4) is 0 Å². The van der Waals surface area contributed by atoms with Crippen LogP contribution in [-0.2, 0) is 0 Å². The molecule has 0 saturated heterocycles. The van der Waals surface area contributed by atoms with Crippen LogP contribution < -0.4 is 0 Å². The standard InChI is InChI=1S/C19H19/c1-3-6-14(2)17-12-11-16-10-9-15-7-4-5-8-18(15)19(16)13-17/h4-5,7-14H,2-3,6H2,1H3. The highest BCUT2D eigenvalue weighted by molar-refractivity contribution is 6.07. The average molecular weight is 247 g/mol. The molecule has 3 aromatic rings. The third-order valence-electron chi connectivity index (χ3n) is 3.88. The molecule has 0 aromatic heterocycles. The number of fused-ring (bicyclic) bond motifs is 3. The van der Waals surface area contributed by atoms with Crippen LogP contribution >= 0.6 is 0 Å². The molecular weight excluding hydrogens is 228 g/mol. The Kier molecular flexibility index (Phi) is 3.25. The molecule has 0 amide bonds. The predicted molar refractivity (Wildman–Crippen MR) is 84.5 cm³/mol. The van der Waals surface area contributed by atoms with Crippen LogP contribution in [-0.4, -0.2) is 0 Å². The first kappa shape index (κ1) is 12.2. The van der Waals surface area contributed by atoms with Crippen molar-refractivity contribution < 1.29 is 0 Å². The Morgan fingerprint density at radius 1 is 0.895 bits per heavy atom. The summed E-state index contributed by atoms with van der Waals surface area (Å²) < 4.78 is 0. The summed E-state index contributed by atoms with van der Waals surface area (Å²) in [5.74, 6) is 0.397. The number of benzene rings is 3. The summed E-state index contributed by atoms with van der Waals surface area (Å²) in [6.07, 6.45) is 2.33. The summed E-state index contributed by atoms with van der Waals surface area (Å²) in [6, 6.07) is 19.8. The van der Waals surface area contributed by atoms with Crippen LogP contribution in [0.2, 0.25) is 0 Å². The van der Waals surface area contributed by atoms with Gasteiger partial charge in [0.15, 0.2) is 0 Å². The molecule has 3 aromatic carbocycles. The molecule has 95 valence electrons. The third kappa shape index (κ3) is 2.23. The van der Waals surface area contributed by atoms with Crippen LogP contribution in [0, 0.1) is 6.92 Å². The van der Waals surface area contributed by atoms with Crippen LogP contribution in [0.15, 0.2) is 54.6 Å². The lowest BCUT2D eigenvalue weighted by Crippen LogP contribution is -1.93. The van der Waals surface area contributed by atoms with E-state index in [2.05, 4.69) is 68.4 Å². The van der Waals surface area contributed by atoms with E-state index >= 15 is 0 Å². The predicted octanol–water partition coefficient (Wildman–Crippen LogP) is 5.71. The fourth-order valence-corrected chi connectivity index (χ4v) is 2.79. The fourth-order valence-electron chi connectivity index (χ4n) is 2.79. The Morgan fingerprint density at radius 2 is 1.58 bits per heavy atom. The van der Waals surface area contributed by atoms with Crippen molar-refractivity contribution in [2.45, 2.75) is 25.7 Å². The molecule has 0 aliphatic rings. The second kappa shape index (κ2) is 5.05. The highest BCUT2D eigenvalue weighted by Gasteiger charge is 2.07. The molecule has 1 unspecified atom stereocenters. The number of hydrogen-bond donors (Lipinski definition) is 0. The molecule has 0 N–H and O–H groups in total. The van der Waals surface area contributed by atoms with Gasteiger partial charge in [-0.05, 0) is 46.4 Å². The minimum Gasteiger partial charge on any atom is -0.0654 e. The van der Waals surface area contributed by atoms with Gasteiger partial charge >= 0.3 is 0 Å². The smallest absolute Gasteiger partial charge is 0.0103 e. The lowest BCUT2D eigenvalue weighted by Gasteiger charge is -2.12. The van der Waals surface area contributed by atoms with Crippen molar-refractivity contribution in [1.29, 1.82) is 0 Å². The highest BCUT2D eigenvalue weighted by atomic mass is 14.1. The molecule has 19 heavy (non-hydrogen) atoms. The van der Waals surface area contributed by atoms with E-state index in [1.54, 1.807) is 0 Å². The minimum atomic E-state index is 0.397. The van der Waals surface area contributed by atoms with Gasteiger partial charge in [0.25, 0.3) is 0 Å². The Labute approximate surface area is 115 Å². The van der Waals surface area contributed by atoms with Gasteiger partial charge in [-0.25, -0.2) is 0 Å². The molecular formula is C19H19. The quantitative estimate of drug-likeness (QED) is 0.520. The SMILES string of the molecule is [CH2]C(CCC)c1ccc2ccc3ccccc3c2c1. The van der Waals surface area contributed by atoms with E-state index < -0.39 is 0 Å². The van der Waals surface area contributed by atoms with Gasteiger partial charge in [-0.15, -0.1) is 0 Å². The Bertz CT molecular complexity index is 709. The number of hydrogen-bond acceptors (Lipinski definition) is 0. The number of rotatable bonds is 3. The average Bonchev–Trinajstić information content (AvgIpc) is 2.47. The molecule has 1 radical (unpaired) electrons. The molecule has 1 atom stereocenters. The van der Waals surface area contributed by atoms with Gasteiger partial charge in [-0.3, -0.25) is 0 Å². The lowest BCUT2D eigenvalue weighted by molar-refractivity contribution is 0.715. The molecule has 0 spiro atoms. The molecule has 3 rings (SSSR count). The monoisotopic (exact) mass is 247 g/mol. The first-order valence-corrected chi connectivity index (χ1v) is 7.04. The molecule has 0 fully saturated rings. The van der Waals surface area contributed by atoms with Gasteiger partial charge in [0.1, 0.15) is 0 Å². The molecule has 0 aliphatic heterocycles. The van der Waals surface area contributed by atoms with Gasteiger partial charge in [0.05, 0.1) is 0 Å². The van der Waals surface area contributed by atoms with Crippen LogP contribution in [0.1, 0.15) is 31.2 Å². The Hall–Kier alpha value is -1.82. The maximum atomic E-state index is 4.28. The first-order chi connectivity index (χ1) is 9.29. The van der Waals surface area contributed by atoms with Gasteiger partial charge < -0.3 is 0 Å². The summed E-state index contributed by atoms with van der Waals surface area (Å²) in [4.78, 5) is 0. The van der Waals surface area contributed by atoms with Crippen LogP contribution in [0.25, 0.3) is 21.5 Å². The minimum absolute atomic E-state index is 0.397. The van der Waals surface area contributed by atoms with Gasteiger partial charge in [-0.1, -0.05) is 67.9 Å². The second-order valence-electron chi connectivity index (χ2n) is 5.25. The highest BCUT2D eigenvalue weighted by Crippen LogP contribution is 2.29. The molecule has 0 bridgehead atoms. The zero-order chi connectivity index (χ0) is 13.2. The van der Waals surface area contributed by atoms with Crippen LogP contribution in [0.4, 0.5) is 0 Å². The summed E-state index contributed by atoms with van der Waals surface area (Å²) in [6.45, 7) is 6.50. The van der Waals surface area contributed by atoms with E-state index in [1.165, 1.54) is 33.5 Å². The Balaban J connectivity index is 2.22. The molecule has 0 heterocycles. The molecule has 0 heteroatoms. The fraction of sp³-hybridized carbons (Fsp3) is 0.211. The summed E-state index contributed by atoms with van der Waals surface area (Å²) in [7, 11) is 0. The maximum Gasteiger partial charge on any atom is -0.0103 e. The molecule has 0 saturated carbocycles. The van der Waals surface area contributed by atoms with Crippen molar-refractivity contribution in [2.75, 3.05) is 0 Å². The van der Waals surface area contributed by atoms with E-state index in [4.69, 9.17) is 0 Å². The topological polar surface area (TPSA) is 0 Å². The van der Waals surface area contributed by atoms with Crippen molar-refractivity contribution in [3.05, 3.63) is 67.1 Å². The largest absolute Gasteiger partial charge is 0.0654 e. The van der Waals surface area contributed by atoms with Gasteiger partial charge in [0.2, 0.25) is 0 Å². The zero-order valence-corrected chi connectivity index (χ0v) is 11.4. The van der Waals surface area contributed by atoms with Crippen LogP contribution in [0.5, 0.6) is 0 Å². The van der Waals surface area contributed by atoms with E-state index in [0.717, 1.165) is 6.42 Å². The summed E-state index contributed by atoms with van der Waals surface area (Å²) >= 11 is 0. The molecule has 0 nitrogen and oxygen atoms in total. The normalized spacial score (nSPS) is 12.9. The van der Waals surface area contributed by atoms with Crippen molar-refractivity contribution >= 4 is 21.5 Å². The lowest BCUT2D eigenvalue weighted by atomic mass is 9.92. The third-order valence-corrected chi connectivity index (χ3v) is 3.88. The van der Waals surface area contributed by atoms with Crippen LogP contribution in [0.3, 0.4) is 0 Å². The summed E-state index contributed by atoms with van der Waals surface area (Å²) in [5.41, 5.74) is 1.35. The zero-order valence-electron chi connectivity index (χ0n) is 11.4. The van der Waals surface area contributed by atoms with E-state index in [0.29, 0.717) is 5.92 Å². The van der Waals surface area contributed by atoms with E-state index in [1.807, 2.05) is 0 Å². The second-order valence-corrected chi connectivity index (χ2v) is 5.25. The van der Waals surface area contributed by atoms with E-state index in [-0.39, 0.29) is 0 Å². The molecule has 0 aliphatic carbocycles. The maximum absolute atomic E-state index is 4.28. The van der Waals surface area contributed by atoms with Gasteiger partial charge in [-0.2, -0.15) is 0 Å². The first-order valence-electron chi connectivity index (χ1n) is 7.04. The van der Waals surface area contributed by atoms with E-state index in [9.17, 15) is 0 Å². The Morgan fingerprint density at radius 3 is 2.37 bits per heavy atom. The van der Waals surface area contributed by atoms with Crippen molar-refractivity contribution in [1.82, 2.24) is 0 Å². The van der Waals surface area contributed by atoms with Crippen molar-refractivity contribution in [3.63, 3.8) is 0 Å². The van der Waals surface area contributed by atoms with Crippen molar-refractivity contribution in [2.24, 2.45) is 0 Å². The summed E-state index contributed by atoms with van der Waals surface area (Å²) in [5, 5.41) is 5.31. The van der Waals surface area contributed by atoms with Gasteiger partial charge in [0, 0.05) is 0 Å².